The molecule has 1 atom stereocenters. The molecule has 0 saturated carbocycles. The van der Waals surface area contributed by atoms with Crippen LogP contribution in [0.2, 0.25) is 0 Å². The fourth-order valence-corrected chi connectivity index (χ4v) is 1.93. The molecule has 0 amide bonds. The van der Waals surface area contributed by atoms with Gasteiger partial charge in [-0.05, 0) is 51.8 Å². The zero-order valence-electron chi connectivity index (χ0n) is 12.8. The van der Waals surface area contributed by atoms with Crippen LogP contribution in [0.3, 0.4) is 0 Å². The van der Waals surface area contributed by atoms with Gasteiger partial charge in [0.25, 0.3) is 0 Å². The van der Waals surface area contributed by atoms with Crippen molar-refractivity contribution in [2.75, 3.05) is 0 Å². The number of hydrogen-bond donors (Lipinski definition) is 1. The lowest BCUT2D eigenvalue weighted by atomic mass is 10.0. The van der Waals surface area contributed by atoms with Crippen molar-refractivity contribution in [2.24, 2.45) is 5.73 Å². The van der Waals surface area contributed by atoms with Gasteiger partial charge in [0.15, 0.2) is 11.5 Å². The molecule has 0 aliphatic heterocycles. The van der Waals surface area contributed by atoms with Crippen molar-refractivity contribution in [3.63, 3.8) is 0 Å². The summed E-state index contributed by atoms with van der Waals surface area (Å²) in [6.07, 6.45) is 2.30. The molecule has 1 unspecified atom stereocenters. The Morgan fingerprint density at radius 3 is 2.11 bits per heavy atom. The topological polar surface area (TPSA) is 44.5 Å². The van der Waals surface area contributed by atoms with Crippen LogP contribution in [0.15, 0.2) is 18.2 Å². The molecule has 0 aromatic heterocycles. The molecule has 0 aliphatic carbocycles. The van der Waals surface area contributed by atoms with Gasteiger partial charge in [-0.25, -0.2) is 0 Å². The fourth-order valence-electron chi connectivity index (χ4n) is 1.93. The molecule has 2 N–H and O–H groups in total. The molecule has 1 rings (SSSR count). The van der Waals surface area contributed by atoms with Crippen molar-refractivity contribution in [3.05, 3.63) is 23.8 Å². The molecule has 3 heteroatoms. The Morgan fingerprint density at radius 2 is 1.58 bits per heavy atom. The van der Waals surface area contributed by atoms with Crippen molar-refractivity contribution in [1.29, 1.82) is 0 Å². The van der Waals surface area contributed by atoms with Gasteiger partial charge in [0.05, 0.1) is 12.2 Å². The van der Waals surface area contributed by atoms with Crippen LogP contribution in [0.4, 0.5) is 0 Å². The third-order valence-electron chi connectivity index (χ3n) is 2.72. The lowest BCUT2D eigenvalue weighted by molar-refractivity contribution is 0.198. The molecular formula is C16H27NO2. The molecule has 1 aromatic carbocycles. The highest BCUT2D eigenvalue weighted by Gasteiger charge is 2.13. The van der Waals surface area contributed by atoms with E-state index < -0.39 is 0 Å². The Bertz CT molecular complexity index is 388. The quantitative estimate of drug-likeness (QED) is 0.808. The number of rotatable bonds is 7. The Labute approximate surface area is 117 Å². The van der Waals surface area contributed by atoms with Gasteiger partial charge in [0, 0.05) is 6.04 Å². The summed E-state index contributed by atoms with van der Waals surface area (Å²) in [5, 5.41) is 0. The normalized spacial score (nSPS) is 12.8. The van der Waals surface area contributed by atoms with E-state index in [1.165, 1.54) is 0 Å². The highest BCUT2D eigenvalue weighted by Crippen LogP contribution is 2.32. The standard InChI is InChI=1S/C16H27NO2/c1-6-7-14(17)13-8-9-15(18-11(2)3)16(10-13)19-12(4)5/h8-12,14H,6-7,17H2,1-5H3. The predicted octanol–water partition coefficient (Wildman–Crippen LogP) is 4.06. The average molecular weight is 265 g/mol. The van der Waals surface area contributed by atoms with E-state index in [1.807, 2.05) is 45.9 Å². The third kappa shape index (κ3) is 5.11. The zero-order chi connectivity index (χ0) is 14.4. The molecule has 0 heterocycles. The summed E-state index contributed by atoms with van der Waals surface area (Å²) in [6.45, 7) is 10.2. The first-order valence-corrected chi connectivity index (χ1v) is 7.16. The maximum Gasteiger partial charge on any atom is 0.161 e. The Kier molecular flexibility index (Phi) is 6.16. The Hall–Kier alpha value is -1.22. The molecule has 0 spiro atoms. The zero-order valence-corrected chi connectivity index (χ0v) is 12.8. The molecule has 0 radical (unpaired) electrons. The van der Waals surface area contributed by atoms with Crippen LogP contribution in [0, 0.1) is 0 Å². The van der Waals surface area contributed by atoms with E-state index in [0.717, 1.165) is 29.9 Å². The van der Waals surface area contributed by atoms with Crippen molar-refractivity contribution in [2.45, 2.75) is 65.7 Å². The lowest BCUT2D eigenvalue weighted by Gasteiger charge is -2.19. The van der Waals surface area contributed by atoms with Crippen LogP contribution in [-0.2, 0) is 0 Å². The Morgan fingerprint density at radius 1 is 1.00 bits per heavy atom. The van der Waals surface area contributed by atoms with Gasteiger partial charge in [0.2, 0.25) is 0 Å². The van der Waals surface area contributed by atoms with E-state index in [2.05, 4.69) is 6.92 Å². The molecule has 1 aromatic rings. The van der Waals surface area contributed by atoms with E-state index >= 15 is 0 Å². The smallest absolute Gasteiger partial charge is 0.161 e. The molecule has 3 nitrogen and oxygen atoms in total. The summed E-state index contributed by atoms with van der Waals surface area (Å²) in [5.41, 5.74) is 7.27. The van der Waals surface area contributed by atoms with E-state index in [9.17, 15) is 0 Å². The summed E-state index contributed by atoms with van der Waals surface area (Å²) in [4.78, 5) is 0. The monoisotopic (exact) mass is 265 g/mol. The minimum atomic E-state index is 0.0626. The third-order valence-corrected chi connectivity index (χ3v) is 2.72. The summed E-state index contributed by atoms with van der Waals surface area (Å²) in [6, 6.07) is 6.07. The van der Waals surface area contributed by atoms with Crippen LogP contribution < -0.4 is 15.2 Å². The SMILES string of the molecule is CCCC(N)c1ccc(OC(C)C)c(OC(C)C)c1. The number of benzene rings is 1. The van der Waals surface area contributed by atoms with Gasteiger partial charge in [-0.3, -0.25) is 0 Å². The number of nitrogens with two attached hydrogens (primary N) is 1. The van der Waals surface area contributed by atoms with Gasteiger partial charge >= 0.3 is 0 Å². The number of ether oxygens (including phenoxy) is 2. The summed E-state index contributed by atoms with van der Waals surface area (Å²) >= 11 is 0. The first-order valence-electron chi connectivity index (χ1n) is 7.16. The van der Waals surface area contributed by atoms with Crippen molar-refractivity contribution < 1.29 is 9.47 Å². The highest BCUT2D eigenvalue weighted by atomic mass is 16.5. The maximum absolute atomic E-state index is 6.16. The van der Waals surface area contributed by atoms with Gasteiger partial charge in [0.1, 0.15) is 0 Å². The van der Waals surface area contributed by atoms with Crippen LogP contribution in [0.1, 0.15) is 59.1 Å². The van der Waals surface area contributed by atoms with Gasteiger partial charge in [-0.2, -0.15) is 0 Å². The van der Waals surface area contributed by atoms with Gasteiger partial charge < -0.3 is 15.2 Å². The van der Waals surface area contributed by atoms with Crippen molar-refractivity contribution in [3.8, 4) is 11.5 Å². The van der Waals surface area contributed by atoms with Crippen LogP contribution in [0.25, 0.3) is 0 Å². The van der Waals surface area contributed by atoms with Crippen molar-refractivity contribution in [1.82, 2.24) is 0 Å². The summed E-state index contributed by atoms with van der Waals surface area (Å²) in [7, 11) is 0. The van der Waals surface area contributed by atoms with E-state index in [-0.39, 0.29) is 18.2 Å². The second kappa shape index (κ2) is 7.39. The fraction of sp³-hybridized carbons (Fsp3) is 0.625. The first-order chi connectivity index (χ1) is 8.93. The molecule has 0 bridgehead atoms. The predicted molar refractivity (Wildman–Crippen MR) is 79.8 cm³/mol. The minimum Gasteiger partial charge on any atom is -0.487 e. The van der Waals surface area contributed by atoms with Crippen LogP contribution in [-0.4, -0.2) is 12.2 Å². The van der Waals surface area contributed by atoms with E-state index in [1.54, 1.807) is 0 Å². The maximum atomic E-state index is 6.16. The second-order valence-corrected chi connectivity index (χ2v) is 5.43. The first kappa shape index (κ1) is 15.8. The lowest BCUT2D eigenvalue weighted by Crippen LogP contribution is -2.13. The molecule has 0 aliphatic rings. The second-order valence-electron chi connectivity index (χ2n) is 5.43. The molecule has 19 heavy (non-hydrogen) atoms. The largest absolute Gasteiger partial charge is 0.487 e. The van der Waals surface area contributed by atoms with Crippen molar-refractivity contribution >= 4 is 0 Å². The molecule has 0 fully saturated rings. The van der Waals surface area contributed by atoms with E-state index in [4.69, 9.17) is 15.2 Å². The minimum absolute atomic E-state index is 0.0626. The molecule has 108 valence electrons. The van der Waals surface area contributed by atoms with Crippen LogP contribution in [0.5, 0.6) is 11.5 Å². The Balaban J connectivity index is 3.00. The molecule has 0 saturated heterocycles. The average Bonchev–Trinajstić information content (AvgIpc) is 2.30. The number of hydrogen-bond acceptors (Lipinski definition) is 3. The van der Waals surface area contributed by atoms with Gasteiger partial charge in [-0.15, -0.1) is 0 Å². The van der Waals surface area contributed by atoms with E-state index in [0.29, 0.717) is 0 Å². The summed E-state index contributed by atoms with van der Waals surface area (Å²) < 4.78 is 11.6. The summed E-state index contributed by atoms with van der Waals surface area (Å²) in [5.74, 6) is 1.57. The van der Waals surface area contributed by atoms with Gasteiger partial charge in [-0.1, -0.05) is 19.4 Å². The molecular weight excluding hydrogens is 238 g/mol. The highest BCUT2D eigenvalue weighted by molar-refractivity contribution is 5.44. The van der Waals surface area contributed by atoms with Crippen LogP contribution >= 0.6 is 0 Å².